The Labute approximate surface area is 99.6 Å². The Balaban J connectivity index is 2.12. The first-order chi connectivity index (χ1) is 8.18. The fourth-order valence-corrected chi connectivity index (χ4v) is 2.15. The Morgan fingerprint density at radius 1 is 1.24 bits per heavy atom. The molecule has 1 aromatic rings. The molecule has 1 aliphatic heterocycles. The predicted molar refractivity (Wildman–Crippen MR) is 61.8 cm³/mol. The Bertz CT molecular complexity index is 419. The normalized spacial score (nSPS) is 15.9. The van der Waals surface area contributed by atoms with Gasteiger partial charge in [0.1, 0.15) is 12.2 Å². The largest absolute Gasteiger partial charge is 0.480 e. The van der Waals surface area contributed by atoms with E-state index < -0.39 is 5.97 Å². The van der Waals surface area contributed by atoms with E-state index in [0.717, 1.165) is 25.9 Å². The van der Waals surface area contributed by atoms with Gasteiger partial charge in [0, 0.05) is 19.3 Å². The predicted octanol–water partition coefficient (Wildman–Crippen LogP) is 1.20. The van der Waals surface area contributed by atoms with Crippen molar-refractivity contribution in [3.8, 4) is 0 Å². The summed E-state index contributed by atoms with van der Waals surface area (Å²) in [4.78, 5) is 24.7. The van der Waals surface area contributed by atoms with Gasteiger partial charge < -0.3 is 14.6 Å². The van der Waals surface area contributed by atoms with Gasteiger partial charge in [-0.15, -0.1) is 0 Å². The number of hydrogen-bond donors (Lipinski definition) is 1. The smallest absolute Gasteiger partial charge is 0.323 e. The van der Waals surface area contributed by atoms with Crippen LogP contribution in [0.3, 0.4) is 0 Å². The number of rotatable bonds is 3. The van der Waals surface area contributed by atoms with Gasteiger partial charge in [-0.25, -0.2) is 0 Å². The molecule has 2 rings (SSSR count). The fourth-order valence-electron chi connectivity index (χ4n) is 2.15. The zero-order valence-corrected chi connectivity index (χ0v) is 9.63. The Hall–Kier alpha value is -1.78. The van der Waals surface area contributed by atoms with Gasteiger partial charge in [0.25, 0.3) is 5.91 Å². The number of carboxylic acids is 1. The van der Waals surface area contributed by atoms with E-state index in [1.54, 1.807) is 23.2 Å². The van der Waals surface area contributed by atoms with E-state index in [2.05, 4.69) is 0 Å². The number of piperidine rings is 1. The van der Waals surface area contributed by atoms with Crippen molar-refractivity contribution in [3.05, 3.63) is 24.0 Å². The van der Waals surface area contributed by atoms with E-state index in [1.807, 2.05) is 0 Å². The molecule has 5 nitrogen and oxygen atoms in total. The van der Waals surface area contributed by atoms with Crippen molar-refractivity contribution in [2.45, 2.75) is 25.8 Å². The quantitative estimate of drug-likeness (QED) is 0.857. The molecule has 92 valence electrons. The van der Waals surface area contributed by atoms with E-state index in [0.29, 0.717) is 5.69 Å². The van der Waals surface area contributed by atoms with Crippen LogP contribution in [0.4, 0.5) is 0 Å². The summed E-state index contributed by atoms with van der Waals surface area (Å²) in [5, 5.41) is 8.76. The first-order valence-corrected chi connectivity index (χ1v) is 5.84. The van der Waals surface area contributed by atoms with Crippen LogP contribution in [0.25, 0.3) is 0 Å². The molecule has 0 aromatic carbocycles. The van der Waals surface area contributed by atoms with Crippen LogP contribution >= 0.6 is 0 Å². The molecule has 1 aliphatic rings. The molecule has 0 spiro atoms. The molecular weight excluding hydrogens is 220 g/mol. The van der Waals surface area contributed by atoms with Crippen molar-refractivity contribution in [2.24, 2.45) is 0 Å². The van der Waals surface area contributed by atoms with E-state index in [4.69, 9.17) is 5.11 Å². The minimum absolute atomic E-state index is 0.0593. The van der Waals surface area contributed by atoms with E-state index in [1.165, 1.54) is 11.0 Å². The number of hydrogen-bond acceptors (Lipinski definition) is 2. The minimum Gasteiger partial charge on any atom is -0.480 e. The Morgan fingerprint density at radius 3 is 2.59 bits per heavy atom. The van der Waals surface area contributed by atoms with Crippen LogP contribution in [-0.2, 0) is 11.3 Å². The first-order valence-electron chi connectivity index (χ1n) is 5.84. The maximum Gasteiger partial charge on any atom is 0.323 e. The molecule has 0 radical (unpaired) electrons. The Kier molecular flexibility index (Phi) is 3.46. The topological polar surface area (TPSA) is 62.5 Å². The lowest BCUT2D eigenvalue weighted by atomic mass is 10.1. The zero-order valence-electron chi connectivity index (χ0n) is 9.63. The second kappa shape index (κ2) is 5.03. The number of amides is 1. The molecule has 1 aromatic heterocycles. The number of aliphatic carboxylic acids is 1. The molecule has 1 fully saturated rings. The van der Waals surface area contributed by atoms with Crippen molar-refractivity contribution >= 4 is 11.9 Å². The van der Waals surface area contributed by atoms with Crippen LogP contribution in [0.15, 0.2) is 18.3 Å². The van der Waals surface area contributed by atoms with Crippen LogP contribution < -0.4 is 0 Å². The Morgan fingerprint density at radius 2 is 1.94 bits per heavy atom. The summed E-state index contributed by atoms with van der Waals surface area (Å²) in [6.45, 7) is 1.39. The molecule has 5 heteroatoms. The molecular formula is C12H16N2O3. The highest BCUT2D eigenvalue weighted by molar-refractivity contribution is 5.93. The second-order valence-electron chi connectivity index (χ2n) is 4.27. The highest BCUT2D eigenvalue weighted by Gasteiger charge is 2.21. The monoisotopic (exact) mass is 236 g/mol. The van der Waals surface area contributed by atoms with Gasteiger partial charge in [-0.2, -0.15) is 0 Å². The molecule has 0 aliphatic carbocycles. The average Bonchev–Trinajstić information content (AvgIpc) is 2.76. The van der Waals surface area contributed by atoms with E-state index >= 15 is 0 Å². The molecule has 2 heterocycles. The van der Waals surface area contributed by atoms with Crippen LogP contribution in [0.2, 0.25) is 0 Å². The van der Waals surface area contributed by atoms with Gasteiger partial charge in [-0.3, -0.25) is 9.59 Å². The van der Waals surface area contributed by atoms with Gasteiger partial charge in [0.05, 0.1) is 0 Å². The summed E-state index contributed by atoms with van der Waals surface area (Å²) in [5.41, 5.74) is 0.467. The van der Waals surface area contributed by atoms with Crippen LogP contribution in [0.1, 0.15) is 29.8 Å². The van der Waals surface area contributed by atoms with Crippen molar-refractivity contribution < 1.29 is 14.7 Å². The molecule has 1 saturated heterocycles. The number of likely N-dealkylation sites (tertiary alicyclic amines) is 1. The van der Waals surface area contributed by atoms with Gasteiger partial charge in [0.15, 0.2) is 0 Å². The van der Waals surface area contributed by atoms with Crippen LogP contribution in [0.5, 0.6) is 0 Å². The SMILES string of the molecule is O=C(O)Cn1cccc1C(=O)N1CCCCC1. The van der Waals surface area contributed by atoms with Crippen molar-refractivity contribution in [1.29, 1.82) is 0 Å². The molecule has 0 unspecified atom stereocenters. The van der Waals surface area contributed by atoms with Gasteiger partial charge in [-0.1, -0.05) is 0 Å². The molecule has 17 heavy (non-hydrogen) atoms. The maximum atomic E-state index is 12.2. The van der Waals surface area contributed by atoms with Crippen molar-refractivity contribution in [1.82, 2.24) is 9.47 Å². The summed E-state index contributed by atoms with van der Waals surface area (Å²) in [5.74, 6) is -0.996. The van der Waals surface area contributed by atoms with Gasteiger partial charge in [0.2, 0.25) is 0 Å². The third kappa shape index (κ3) is 2.67. The summed E-state index contributed by atoms with van der Waals surface area (Å²) < 4.78 is 1.49. The number of aromatic nitrogens is 1. The van der Waals surface area contributed by atoms with Crippen molar-refractivity contribution in [2.75, 3.05) is 13.1 Å². The van der Waals surface area contributed by atoms with Crippen LogP contribution in [0, 0.1) is 0 Å². The lowest BCUT2D eigenvalue weighted by Crippen LogP contribution is -2.36. The standard InChI is InChI=1S/C12H16N2O3/c15-11(16)9-14-8-4-5-10(14)12(17)13-6-2-1-3-7-13/h4-5,8H,1-3,6-7,9H2,(H,15,16). The number of nitrogens with zero attached hydrogens (tertiary/aromatic N) is 2. The van der Waals surface area contributed by atoms with E-state index in [9.17, 15) is 9.59 Å². The fraction of sp³-hybridized carbons (Fsp3) is 0.500. The summed E-state index contributed by atoms with van der Waals surface area (Å²) in [6.07, 6.45) is 4.86. The summed E-state index contributed by atoms with van der Waals surface area (Å²) in [6, 6.07) is 3.39. The maximum absolute atomic E-state index is 12.2. The third-order valence-electron chi connectivity index (χ3n) is 3.00. The minimum atomic E-state index is -0.936. The third-order valence-corrected chi connectivity index (χ3v) is 3.00. The lowest BCUT2D eigenvalue weighted by molar-refractivity contribution is -0.137. The number of carboxylic acid groups (broad SMARTS) is 1. The molecule has 1 amide bonds. The van der Waals surface area contributed by atoms with Crippen LogP contribution in [-0.4, -0.2) is 39.5 Å². The molecule has 0 bridgehead atoms. The highest BCUT2D eigenvalue weighted by Crippen LogP contribution is 2.13. The zero-order chi connectivity index (χ0) is 12.3. The molecule has 0 atom stereocenters. The molecule has 1 N–H and O–H groups in total. The van der Waals surface area contributed by atoms with Gasteiger partial charge in [-0.05, 0) is 31.4 Å². The summed E-state index contributed by atoms with van der Waals surface area (Å²) >= 11 is 0. The summed E-state index contributed by atoms with van der Waals surface area (Å²) in [7, 11) is 0. The number of carbonyl (C=O) groups is 2. The lowest BCUT2D eigenvalue weighted by Gasteiger charge is -2.26. The average molecular weight is 236 g/mol. The molecule has 0 saturated carbocycles. The van der Waals surface area contributed by atoms with Crippen molar-refractivity contribution in [3.63, 3.8) is 0 Å². The van der Waals surface area contributed by atoms with Gasteiger partial charge >= 0.3 is 5.97 Å². The van der Waals surface area contributed by atoms with E-state index in [-0.39, 0.29) is 12.5 Å². The highest BCUT2D eigenvalue weighted by atomic mass is 16.4. The second-order valence-corrected chi connectivity index (χ2v) is 4.27. The first kappa shape index (κ1) is 11.7. The number of carbonyl (C=O) groups excluding carboxylic acids is 1.